The van der Waals surface area contributed by atoms with Gasteiger partial charge >= 0.3 is 8.25 Å². The van der Waals surface area contributed by atoms with Gasteiger partial charge in [0.2, 0.25) is 11.7 Å². The monoisotopic (exact) mass is 543 g/mol. The minimum Gasteiger partial charge on any atom is -0.493 e. The lowest BCUT2D eigenvalue weighted by Crippen LogP contribution is -2.22. The van der Waals surface area contributed by atoms with Crippen LogP contribution in [0.4, 0.5) is 4.39 Å². The number of fused-ring (bicyclic) bond motifs is 1. The highest BCUT2D eigenvalue weighted by atomic mass is 31.1. The number of rotatable bonds is 11. The molecular formula is C27H27FNO8P. The number of carbonyl (C=O) groups excluding carboxylic acids is 1. The highest BCUT2D eigenvalue weighted by Gasteiger charge is 2.26. The van der Waals surface area contributed by atoms with E-state index in [1.807, 2.05) is 13.0 Å². The van der Waals surface area contributed by atoms with E-state index in [0.717, 1.165) is 22.3 Å². The quantitative estimate of drug-likeness (QED) is 0.250. The third-order valence-corrected chi connectivity index (χ3v) is 6.38. The molecule has 1 unspecified atom stereocenters. The second kappa shape index (κ2) is 12.1. The average Bonchev–Trinajstić information content (AvgIpc) is 3.50. The van der Waals surface area contributed by atoms with Gasteiger partial charge in [-0.2, -0.15) is 0 Å². The highest BCUT2D eigenvalue weighted by Crippen LogP contribution is 2.45. The summed E-state index contributed by atoms with van der Waals surface area (Å²) in [6, 6.07) is 11.4. The van der Waals surface area contributed by atoms with E-state index in [2.05, 4.69) is 9.84 Å². The Bertz CT molecular complexity index is 1390. The molecule has 1 aliphatic carbocycles. The molecule has 2 N–H and O–H groups in total. The molecule has 1 aromatic heterocycles. The molecule has 0 saturated carbocycles. The predicted molar refractivity (Wildman–Crippen MR) is 139 cm³/mol. The molecule has 200 valence electrons. The lowest BCUT2D eigenvalue weighted by Gasteiger charge is -2.15. The van der Waals surface area contributed by atoms with Gasteiger partial charge in [0.05, 0.1) is 33.4 Å². The van der Waals surface area contributed by atoms with Crippen LogP contribution in [0, 0.1) is 5.82 Å². The number of carbonyl (C=O) groups is 1. The maximum atomic E-state index is 14.2. The van der Waals surface area contributed by atoms with Crippen molar-refractivity contribution in [1.82, 2.24) is 5.32 Å². The Balaban J connectivity index is 1.67. The van der Waals surface area contributed by atoms with Crippen molar-refractivity contribution in [2.45, 2.75) is 19.9 Å². The molecule has 1 amide bonds. The molecule has 0 radical (unpaired) electrons. The first-order chi connectivity index (χ1) is 18.3. The fourth-order valence-corrected chi connectivity index (χ4v) is 4.39. The van der Waals surface area contributed by atoms with Gasteiger partial charge in [0.25, 0.3) is 0 Å². The average molecular weight is 543 g/mol. The number of allylic oxidation sites excluding steroid dienone is 2. The lowest BCUT2D eigenvalue weighted by atomic mass is 10.00. The van der Waals surface area contributed by atoms with Crippen molar-refractivity contribution < 1.29 is 41.8 Å². The normalized spacial score (nSPS) is 14.4. The maximum Gasteiger partial charge on any atom is 0.319 e. The highest BCUT2D eigenvalue weighted by molar-refractivity contribution is 7.32. The van der Waals surface area contributed by atoms with E-state index in [1.165, 1.54) is 32.6 Å². The number of ether oxygens (including phenoxy) is 3. The van der Waals surface area contributed by atoms with Crippen molar-refractivity contribution >= 4 is 31.4 Å². The maximum absolute atomic E-state index is 14.2. The molecule has 0 bridgehead atoms. The van der Waals surface area contributed by atoms with Gasteiger partial charge in [-0.1, -0.05) is 6.07 Å². The van der Waals surface area contributed by atoms with Gasteiger partial charge in [0, 0.05) is 0 Å². The van der Waals surface area contributed by atoms with Crippen LogP contribution in [-0.4, -0.2) is 31.8 Å². The molecule has 0 spiro atoms. The minimum atomic E-state index is -3.16. The molecule has 38 heavy (non-hydrogen) atoms. The van der Waals surface area contributed by atoms with Gasteiger partial charge in [-0.05, 0) is 82.8 Å². The second-order valence-corrected chi connectivity index (χ2v) is 9.13. The number of hydrogen-bond donors (Lipinski definition) is 2. The van der Waals surface area contributed by atoms with Crippen molar-refractivity contribution in [3.8, 4) is 17.2 Å². The zero-order valence-electron chi connectivity index (χ0n) is 21.0. The van der Waals surface area contributed by atoms with Crippen molar-refractivity contribution in [3.63, 3.8) is 0 Å². The molecule has 9 nitrogen and oxygen atoms in total. The Morgan fingerprint density at radius 3 is 2.50 bits per heavy atom. The molecular weight excluding hydrogens is 516 g/mol. The number of furan rings is 1. The summed E-state index contributed by atoms with van der Waals surface area (Å²) in [6.45, 7) is 1.68. The molecule has 0 fully saturated rings. The van der Waals surface area contributed by atoms with Crippen molar-refractivity contribution in [1.29, 1.82) is 0 Å². The topological polar surface area (TPSA) is 116 Å². The first kappa shape index (κ1) is 27.2. The van der Waals surface area contributed by atoms with Gasteiger partial charge < -0.3 is 28.8 Å². The molecule has 1 heterocycles. The molecule has 0 aliphatic heterocycles. The molecule has 4 rings (SSSR count). The number of benzene rings is 2. The Kier molecular flexibility index (Phi) is 8.68. The summed E-state index contributed by atoms with van der Waals surface area (Å²) in [4.78, 5) is 21.6. The van der Waals surface area contributed by atoms with Gasteiger partial charge in [-0.25, -0.2) is 4.39 Å². The molecule has 3 aromatic rings. The van der Waals surface area contributed by atoms with E-state index < -0.39 is 20.9 Å². The van der Waals surface area contributed by atoms with E-state index in [1.54, 1.807) is 30.3 Å². The van der Waals surface area contributed by atoms with Crippen molar-refractivity contribution in [3.05, 3.63) is 82.6 Å². The van der Waals surface area contributed by atoms with Crippen LogP contribution in [0.15, 0.2) is 58.7 Å². The lowest BCUT2D eigenvalue weighted by molar-refractivity contribution is -0.120. The fourth-order valence-electron chi connectivity index (χ4n) is 4.23. The van der Waals surface area contributed by atoms with Crippen LogP contribution in [0.25, 0.3) is 17.2 Å². The summed E-state index contributed by atoms with van der Waals surface area (Å²) in [5.74, 6) is 0.849. The first-order valence-corrected chi connectivity index (χ1v) is 12.8. The fraction of sp³-hybridized carbons (Fsp3) is 0.222. The Labute approximate surface area is 219 Å². The van der Waals surface area contributed by atoms with Gasteiger partial charge in [0.15, 0.2) is 18.3 Å². The zero-order valence-corrected chi connectivity index (χ0v) is 22.0. The largest absolute Gasteiger partial charge is 0.493 e. The summed E-state index contributed by atoms with van der Waals surface area (Å²) < 4.78 is 51.3. The van der Waals surface area contributed by atoms with E-state index in [-0.39, 0.29) is 24.6 Å². The van der Waals surface area contributed by atoms with Crippen LogP contribution >= 0.6 is 8.25 Å². The van der Waals surface area contributed by atoms with Crippen LogP contribution in [0.5, 0.6) is 17.2 Å². The van der Waals surface area contributed by atoms with E-state index in [4.69, 9.17) is 23.5 Å². The number of methoxy groups -OCH3 is 2. The van der Waals surface area contributed by atoms with Crippen molar-refractivity contribution in [2.75, 3.05) is 21.0 Å². The summed E-state index contributed by atoms with van der Waals surface area (Å²) in [6.07, 6.45) is 3.49. The SMILES string of the molecule is COc1cc(/C=C2/C(C)=C(CC(=O)NCc3ccco3)c3cc(F)ccc32)cc(OC)c1OCO[PH](=O)O. The summed E-state index contributed by atoms with van der Waals surface area (Å²) in [5, 5.41) is 2.83. The van der Waals surface area contributed by atoms with Gasteiger partial charge in [-0.3, -0.25) is 13.9 Å². The zero-order chi connectivity index (χ0) is 27.2. The summed E-state index contributed by atoms with van der Waals surface area (Å²) >= 11 is 0. The third kappa shape index (κ3) is 6.16. The van der Waals surface area contributed by atoms with Crippen LogP contribution < -0.4 is 19.5 Å². The minimum absolute atomic E-state index is 0.0632. The number of halogens is 1. The Morgan fingerprint density at radius 1 is 1.13 bits per heavy atom. The molecule has 1 atom stereocenters. The van der Waals surface area contributed by atoms with Crippen LogP contribution in [0.1, 0.15) is 35.8 Å². The number of hydrogen-bond acceptors (Lipinski definition) is 7. The second-order valence-electron chi connectivity index (χ2n) is 8.31. The Morgan fingerprint density at radius 2 is 1.87 bits per heavy atom. The molecule has 1 aliphatic rings. The molecule has 0 saturated heterocycles. The number of amides is 1. The van der Waals surface area contributed by atoms with E-state index in [0.29, 0.717) is 28.4 Å². The van der Waals surface area contributed by atoms with Crippen molar-refractivity contribution in [2.24, 2.45) is 0 Å². The molecule has 2 aromatic carbocycles. The molecule has 11 heteroatoms. The number of nitrogens with one attached hydrogen (secondary N) is 1. The van der Waals surface area contributed by atoms with Crippen LogP contribution in [0.2, 0.25) is 0 Å². The van der Waals surface area contributed by atoms with Gasteiger partial charge in [0.1, 0.15) is 11.6 Å². The summed E-state index contributed by atoms with van der Waals surface area (Å²) in [7, 11) is -0.262. The van der Waals surface area contributed by atoms with E-state index in [9.17, 15) is 13.8 Å². The Hall–Kier alpha value is -3.85. The standard InChI is InChI=1S/C27H27FNO8P/c1-16-21(9-17-10-24(33-2)27(25(11-17)34-3)36-15-37-38(31)32)20-7-6-18(28)12-23(20)22(16)13-26(30)29-14-19-5-4-8-35-19/h4-12,38H,13-15H2,1-3H3,(H,29,30)(H,31,32)/b21-9-. The van der Waals surface area contributed by atoms with E-state index >= 15 is 0 Å². The smallest absolute Gasteiger partial charge is 0.319 e. The van der Waals surface area contributed by atoms with Crippen LogP contribution in [0.3, 0.4) is 0 Å². The van der Waals surface area contributed by atoms with Gasteiger partial charge in [-0.15, -0.1) is 0 Å². The summed E-state index contributed by atoms with van der Waals surface area (Å²) in [5.41, 5.74) is 4.50. The third-order valence-electron chi connectivity index (χ3n) is 6.01. The predicted octanol–water partition coefficient (Wildman–Crippen LogP) is 5.21. The van der Waals surface area contributed by atoms with Crippen LogP contribution in [-0.2, 0) is 20.4 Å². The first-order valence-electron chi connectivity index (χ1n) is 11.6.